The summed E-state index contributed by atoms with van der Waals surface area (Å²) in [4.78, 5) is 26.9. The average Bonchev–Trinajstić information content (AvgIpc) is 3.38. The molecule has 2 aromatic rings. The second kappa shape index (κ2) is 9.37. The number of amides is 3. The van der Waals surface area contributed by atoms with E-state index in [0.717, 1.165) is 11.0 Å². The van der Waals surface area contributed by atoms with Gasteiger partial charge in [-0.15, -0.1) is 0 Å². The summed E-state index contributed by atoms with van der Waals surface area (Å²) in [6.45, 7) is 3.04. The van der Waals surface area contributed by atoms with Crippen LogP contribution in [0.2, 0.25) is 0 Å². The zero-order valence-electron chi connectivity index (χ0n) is 20.3. The number of carbonyl (C=O) groups is 2. The number of hydrogen-bond donors (Lipinski definition) is 2. The van der Waals surface area contributed by atoms with Gasteiger partial charge in [0.05, 0.1) is 0 Å². The number of urea groups is 1. The first-order valence-corrected chi connectivity index (χ1v) is 11.7. The first-order valence-electron chi connectivity index (χ1n) is 11.7. The van der Waals surface area contributed by atoms with Crippen molar-refractivity contribution >= 4 is 11.9 Å². The number of aliphatic hydroxyl groups is 1. The fourth-order valence-electron chi connectivity index (χ4n) is 4.62. The maximum Gasteiger partial charge on any atom is 0.430 e. The molecule has 1 saturated heterocycles. The molecule has 13 heteroatoms. The van der Waals surface area contributed by atoms with Crippen molar-refractivity contribution in [2.75, 3.05) is 13.3 Å². The minimum Gasteiger partial charge on any atom is -0.454 e. The molecule has 2 aromatic carbocycles. The van der Waals surface area contributed by atoms with Gasteiger partial charge in [-0.05, 0) is 48.6 Å². The van der Waals surface area contributed by atoms with E-state index in [1.54, 1.807) is 25.1 Å². The second-order valence-corrected chi connectivity index (χ2v) is 9.27. The topological polar surface area (TPSA) is 88.1 Å². The molecular weight excluding hydrogens is 522 g/mol. The Labute approximate surface area is 213 Å². The monoisotopic (exact) mass is 546 g/mol. The number of alkyl halides is 6. The molecule has 1 atom stereocenters. The van der Waals surface area contributed by atoms with Crippen LogP contribution < -0.4 is 14.8 Å². The third kappa shape index (κ3) is 4.42. The summed E-state index contributed by atoms with van der Waals surface area (Å²) < 4.78 is 90.7. The van der Waals surface area contributed by atoms with E-state index in [2.05, 4.69) is 5.32 Å². The molecule has 4 rings (SSSR count). The first-order chi connectivity index (χ1) is 17.6. The fourth-order valence-corrected chi connectivity index (χ4v) is 4.62. The van der Waals surface area contributed by atoms with Crippen molar-refractivity contribution in [3.63, 3.8) is 0 Å². The number of imide groups is 1. The number of carbonyl (C=O) groups excluding carboxylic acids is 2. The lowest BCUT2D eigenvalue weighted by Crippen LogP contribution is -2.54. The Hall–Kier alpha value is -3.48. The lowest BCUT2D eigenvalue weighted by Gasteiger charge is -2.33. The van der Waals surface area contributed by atoms with Crippen LogP contribution in [0.3, 0.4) is 0 Å². The number of halogens is 6. The van der Waals surface area contributed by atoms with Crippen molar-refractivity contribution in [3.05, 3.63) is 58.7 Å². The molecular formula is C25H24F6N2O5. The molecule has 3 amide bonds. The van der Waals surface area contributed by atoms with E-state index in [1.807, 2.05) is 0 Å². The van der Waals surface area contributed by atoms with Crippen molar-refractivity contribution < 1.29 is 50.5 Å². The van der Waals surface area contributed by atoms with E-state index in [0.29, 0.717) is 41.2 Å². The third-order valence-corrected chi connectivity index (χ3v) is 6.79. The number of benzene rings is 2. The highest BCUT2D eigenvalue weighted by atomic mass is 19.4. The van der Waals surface area contributed by atoms with Crippen LogP contribution in [-0.4, -0.2) is 47.6 Å². The van der Waals surface area contributed by atoms with Crippen LogP contribution in [0.5, 0.6) is 11.5 Å². The molecule has 1 unspecified atom stereocenters. The van der Waals surface area contributed by atoms with Gasteiger partial charge in [0.15, 0.2) is 11.5 Å². The third-order valence-electron chi connectivity index (χ3n) is 6.79. The Morgan fingerprint density at radius 3 is 2.24 bits per heavy atom. The van der Waals surface area contributed by atoms with Gasteiger partial charge < -0.3 is 19.9 Å². The average molecular weight is 546 g/mol. The summed E-state index contributed by atoms with van der Waals surface area (Å²) >= 11 is 0. The van der Waals surface area contributed by atoms with E-state index in [4.69, 9.17) is 9.47 Å². The summed E-state index contributed by atoms with van der Waals surface area (Å²) in [7, 11) is 0. The number of rotatable bonds is 7. The number of nitrogens with zero attached hydrogens (tertiary/aromatic N) is 1. The van der Waals surface area contributed by atoms with Gasteiger partial charge in [0.1, 0.15) is 5.54 Å². The summed E-state index contributed by atoms with van der Waals surface area (Å²) in [5.41, 5.74) is -6.89. The van der Waals surface area contributed by atoms with Gasteiger partial charge in [0.25, 0.3) is 11.5 Å². The van der Waals surface area contributed by atoms with E-state index in [1.165, 1.54) is 6.92 Å². The summed E-state index contributed by atoms with van der Waals surface area (Å²) in [6, 6.07) is 6.39. The number of hydrogen-bond acceptors (Lipinski definition) is 5. The zero-order chi connectivity index (χ0) is 28.1. The van der Waals surface area contributed by atoms with E-state index < -0.39 is 41.0 Å². The summed E-state index contributed by atoms with van der Waals surface area (Å²) in [5.74, 6) is 0.311. The minimum absolute atomic E-state index is 0.0180. The molecule has 0 bridgehead atoms. The molecule has 2 aliphatic rings. The Bertz CT molecular complexity index is 1250. The highest BCUT2D eigenvalue weighted by Gasteiger charge is 2.71. The highest BCUT2D eigenvalue weighted by molar-refractivity contribution is 6.07. The molecule has 206 valence electrons. The minimum atomic E-state index is -6.00. The number of ether oxygens (including phenoxy) is 2. The van der Waals surface area contributed by atoms with Crippen LogP contribution in [-0.2, 0) is 28.8 Å². The molecule has 2 aliphatic heterocycles. The van der Waals surface area contributed by atoms with E-state index in [9.17, 15) is 41.0 Å². The standard InChI is InChI=1S/C25H24F6N2O5/c1-3-4-15-11-17(23(36,24(26,27)28)25(29,30)31)6-5-14(15)9-10-33-20(34)22(2,32-21(33)35)16-7-8-18-19(12-16)38-13-37-18/h5-8,11-12,36H,3-4,9-10,13H2,1-2H3,(H,32,35). The predicted molar refractivity (Wildman–Crippen MR) is 120 cm³/mol. The number of nitrogens with one attached hydrogen (secondary N) is 1. The summed E-state index contributed by atoms with van der Waals surface area (Å²) in [6.07, 6.45) is -11.5. The molecule has 38 heavy (non-hydrogen) atoms. The zero-order valence-corrected chi connectivity index (χ0v) is 20.3. The SMILES string of the molecule is CCCc1cc(C(O)(C(F)(F)F)C(F)(F)F)ccc1CCN1C(=O)NC(C)(c2ccc3c(c2)OCO3)C1=O. The molecule has 2 N–H and O–H groups in total. The maximum atomic E-state index is 13.4. The molecule has 0 saturated carbocycles. The lowest BCUT2D eigenvalue weighted by atomic mass is 9.87. The van der Waals surface area contributed by atoms with E-state index in [-0.39, 0.29) is 31.7 Å². The quantitative estimate of drug-likeness (QED) is 0.389. The highest BCUT2D eigenvalue weighted by Crippen LogP contribution is 2.50. The maximum absolute atomic E-state index is 13.4. The van der Waals surface area contributed by atoms with Crippen molar-refractivity contribution in [1.29, 1.82) is 0 Å². The molecule has 2 heterocycles. The van der Waals surface area contributed by atoms with Crippen molar-refractivity contribution in [1.82, 2.24) is 10.2 Å². The Morgan fingerprint density at radius 1 is 0.947 bits per heavy atom. The lowest BCUT2D eigenvalue weighted by molar-refractivity contribution is -0.376. The normalized spacial score (nSPS) is 19.8. The van der Waals surface area contributed by atoms with Gasteiger partial charge in [0.2, 0.25) is 6.79 Å². The molecule has 1 fully saturated rings. The van der Waals surface area contributed by atoms with Crippen LogP contribution in [0, 0.1) is 0 Å². The molecule has 0 radical (unpaired) electrons. The molecule has 0 aromatic heterocycles. The Kier molecular flexibility index (Phi) is 6.79. The van der Waals surface area contributed by atoms with E-state index >= 15 is 0 Å². The molecule has 0 aliphatic carbocycles. The Morgan fingerprint density at radius 2 is 1.61 bits per heavy atom. The van der Waals surface area contributed by atoms with Gasteiger partial charge in [-0.25, -0.2) is 4.79 Å². The summed E-state index contributed by atoms with van der Waals surface area (Å²) in [5, 5.41) is 12.4. The number of aryl methyl sites for hydroxylation is 1. The second-order valence-electron chi connectivity index (χ2n) is 9.27. The number of fused-ring (bicyclic) bond motifs is 1. The van der Waals surface area contributed by atoms with Crippen LogP contribution in [0.1, 0.15) is 42.5 Å². The molecule has 0 spiro atoms. The molecule has 7 nitrogen and oxygen atoms in total. The largest absolute Gasteiger partial charge is 0.454 e. The van der Waals surface area contributed by atoms with Gasteiger partial charge in [-0.1, -0.05) is 37.6 Å². The van der Waals surface area contributed by atoms with Gasteiger partial charge in [0, 0.05) is 12.1 Å². The van der Waals surface area contributed by atoms with Crippen molar-refractivity contribution in [2.45, 2.75) is 56.6 Å². The van der Waals surface area contributed by atoms with Crippen LogP contribution in [0.4, 0.5) is 31.1 Å². The van der Waals surface area contributed by atoms with Crippen LogP contribution in [0.15, 0.2) is 36.4 Å². The smallest absolute Gasteiger partial charge is 0.430 e. The predicted octanol–water partition coefficient (Wildman–Crippen LogP) is 4.69. The van der Waals surface area contributed by atoms with Crippen molar-refractivity contribution in [3.8, 4) is 11.5 Å². The van der Waals surface area contributed by atoms with Gasteiger partial charge in [-0.2, -0.15) is 26.3 Å². The fraction of sp³-hybridized carbons (Fsp3) is 0.440. The van der Waals surface area contributed by atoms with Gasteiger partial charge >= 0.3 is 18.4 Å². The Balaban J connectivity index is 1.58. The van der Waals surface area contributed by atoms with Crippen LogP contribution >= 0.6 is 0 Å². The van der Waals surface area contributed by atoms with Gasteiger partial charge in [-0.3, -0.25) is 9.69 Å². The van der Waals surface area contributed by atoms with Crippen molar-refractivity contribution in [2.24, 2.45) is 0 Å². The van der Waals surface area contributed by atoms with Crippen LogP contribution in [0.25, 0.3) is 0 Å². The first kappa shape index (κ1) is 27.6.